The van der Waals surface area contributed by atoms with E-state index in [9.17, 15) is 0 Å². The van der Waals surface area contributed by atoms with E-state index in [0.717, 1.165) is 43.1 Å². The van der Waals surface area contributed by atoms with Gasteiger partial charge in [0, 0.05) is 13.6 Å². The summed E-state index contributed by atoms with van der Waals surface area (Å²) in [4.78, 5) is 0. The average molecular weight is 239 g/mol. The molecule has 1 atom stereocenters. The van der Waals surface area contributed by atoms with E-state index in [1.165, 1.54) is 0 Å². The van der Waals surface area contributed by atoms with Gasteiger partial charge in [-0.25, -0.2) is 0 Å². The molecule has 0 fully saturated rings. The number of nitrogens with zero attached hydrogens (tertiary/aromatic N) is 2. The Kier molecular flexibility index (Phi) is 5.48. The van der Waals surface area contributed by atoms with Gasteiger partial charge in [0.1, 0.15) is 11.8 Å². The minimum absolute atomic E-state index is 0.238. The topological polar surface area (TPSA) is 39.1 Å². The van der Waals surface area contributed by atoms with E-state index in [0.29, 0.717) is 0 Å². The molecule has 4 nitrogen and oxygen atoms in total. The Bertz CT molecular complexity index is 347. The van der Waals surface area contributed by atoms with Gasteiger partial charge in [-0.2, -0.15) is 5.10 Å². The predicted octanol–water partition coefficient (Wildman–Crippen LogP) is 2.19. The molecule has 0 aromatic carbocycles. The first-order chi connectivity index (χ1) is 8.10. The van der Waals surface area contributed by atoms with Crippen LogP contribution in [0.25, 0.3) is 0 Å². The molecule has 1 rings (SSSR count). The number of nitrogens with one attached hydrogen (secondary N) is 1. The second-order valence-electron chi connectivity index (χ2n) is 4.46. The Balaban J connectivity index is 2.70. The summed E-state index contributed by atoms with van der Waals surface area (Å²) >= 11 is 0. The van der Waals surface area contributed by atoms with Crippen LogP contribution < -0.4 is 10.1 Å². The van der Waals surface area contributed by atoms with Gasteiger partial charge in [-0.3, -0.25) is 4.68 Å². The van der Waals surface area contributed by atoms with Crippen LogP contribution in [-0.2, 0) is 7.05 Å². The summed E-state index contributed by atoms with van der Waals surface area (Å²) in [5.41, 5.74) is 2.07. The first-order valence-electron chi connectivity index (χ1n) is 6.47. The Morgan fingerprint density at radius 3 is 2.53 bits per heavy atom. The molecule has 0 radical (unpaired) electrons. The highest BCUT2D eigenvalue weighted by molar-refractivity contribution is 5.31. The molecule has 0 aliphatic carbocycles. The molecule has 1 unspecified atom stereocenters. The summed E-state index contributed by atoms with van der Waals surface area (Å²) in [6.07, 6.45) is 2.44. The van der Waals surface area contributed by atoms with Crippen molar-refractivity contribution >= 4 is 0 Å². The molecule has 0 spiro atoms. The second kappa shape index (κ2) is 6.64. The number of rotatable bonds is 7. The maximum Gasteiger partial charge on any atom is 0.163 e. The molecule has 0 amide bonds. The first-order valence-corrected chi connectivity index (χ1v) is 6.47. The van der Waals surface area contributed by atoms with Crippen molar-refractivity contribution < 1.29 is 4.74 Å². The zero-order valence-electron chi connectivity index (χ0n) is 11.7. The third kappa shape index (κ3) is 3.73. The third-order valence-corrected chi connectivity index (χ3v) is 2.96. The van der Waals surface area contributed by atoms with Crippen LogP contribution in [0.4, 0.5) is 0 Å². The SMILES string of the molecule is CCCC(CNCC)Oc1c(C)nn(C)c1C. The first kappa shape index (κ1) is 14.0. The molecule has 17 heavy (non-hydrogen) atoms. The lowest BCUT2D eigenvalue weighted by atomic mass is 10.2. The highest BCUT2D eigenvalue weighted by Gasteiger charge is 2.16. The van der Waals surface area contributed by atoms with Crippen LogP contribution in [0.15, 0.2) is 0 Å². The lowest BCUT2D eigenvalue weighted by Crippen LogP contribution is -2.31. The van der Waals surface area contributed by atoms with Gasteiger partial charge in [-0.05, 0) is 26.8 Å². The summed E-state index contributed by atoms with van der Waals surface area (Å²) in [5, 5.41) is 7.72. The minimum Gasteiger partial charge on any atom is -0.485 e. The van der Waals surface area contributed by atoms with Gasteiger partial charge in [0.25, 0.3) is 0 Å². The van der Waals surface area contributed by atoms with Crippen LogP contribution in [-0.4, -0.2) is 29.0 Å². The monoisotopic (exact) mass is 239 g/mol. The van der Waals surface area contributed by atoms with Gasteiger partial charge >= 0.3 is 0 Å². The molecule has 1 aromatic rings. The van der Waals surface area contributed by atoms with E-state index in [4.69, 9.17) is 4.74 Å². The Labute approximate surface area is 104 Å². The molecular weight excluding hydrogens is 214 g/mol. The summed E-state index contributed by atoms with van der Waals surface area (Å²) in [6, 6.07) is 0. The molecule has 0 aliphatic heterocycles. The molecule has 1 N–H and O–H groups in total. The minimum atomic E-state index is 0.238. The average Bonchev–Trinajstić information content (AvgIpc) is 2.53. The van der Waals surface area contributed by atoms with E-state index in [-0.39, 0.29) is 6.10 Å². The highest BCUT2D eigenvalue weighted by atomic mass is 16.5. The van der Waals surface area contributed by atoms with Crippen molar-refractivity contribution in [1.82, 2.24) is 15.1 Å². The molecular formula is C13H25N3O. The van der Waals surface area contributed by atoms with Gasteiger partial charge in [0.15, 0.2) is 5.75 Å². The quantitative estimate of drug-likeness (QED) is 0.793. The lowest BCUT2D eigenvalue weighted by Gasteiger charge is -2.19. The predicted molar refractivity (Wildman–Crippen MR) is 70.5 cm³/mol. The van der Waals surface area contributed by atoms with Crippen molar-refractivity contribution in [1.29, 1.82) is 0 Å². The fourth-order valence-electron chi connectivity index (χ4n) is 1.92. The highest BCUT2D eigenvalue weighted by Crippen LogP contribution is 2.23. The van der Waals surface area contributed by atoms with Crippen molar-refractivity contribution in [2.45, 2.75) is 46.6 Å². The zero-order valence-corrected chi connectivity index (χ0v) is 11.7. The molecule has 1 heterocycles. The molecule has 4 heteroatoms. The lowest BCUT2D eigenvalue weighted by molar-refractivity contribution is 0.184. The van der Waals surface area contributed by atoms with Crippen LogP contribution in [0.3, 0.4) is 0 Å². The number of likely N-dealkylation sites (N-methyl/N-ethyl adjacent to an activating group) is 1. The van der Waals surface area contributed by atoms with Crippen molar-refractivity contribution in [2.75, 3.05) is 13.1 Å². The van der Waals surface area contributed by atoms with E-state index < -0.39 is 0 Å². The second-order valence-corrected chi connectivity index (χ2v) is 4.46. The van der Waals surface area contributed by atoms with Gasteiger partial charge in [0.2, 0.25) is 0 Å². The van der Waals surface area contributed by atoms with E-state index in [1.54, 1.807) is 0 Å². The van der Waals surface area contributed by atoms with Crippen LogP contribution in [0.1, 0.15) is 38.1 Å². The maximum atomic E-state index is 6.09. The van der Waals surface area contributed by atoms with Crippen molar-refractivity contribution in [3.05, 3.63) is 11.4 Å². The summed E-state index contributed by atoms with van der Waals surface area (Å²) in [7, 11) is 1.95. The number of hydrogen-bond acceptors (Lipinski definition) is 3. The molecule has 1 aromatic heterocycles. The molecule has 0 bridgehead atoms. The number of hydrogen-bond donors (Lipinski definition) is 1. The van der Waals surface area contributed by atoms with Crippen LogP contribution in [0, 0.1) is 13.8 Å². The van der Waals surface area contributed by atoms with E-state index in [1.807, 2.05) is 25.6 Å². The zero-order chi connectivity index (χ0) is 12.8. The molecule has 0 aliphatic rings. The fourth-order valence-corrected chi connectivity index (χ4v) is 1.92. The van der Waals surface area contributed by atoms with Crippen molar-refractivity contribution in [3.8, 4) is 5.75 Å². The van der Waals surface area contributed by atoms with E-state index >= 15 is 0 Å². The summed E-state index contributed by atoms with van der Waals surface area (Å²) in [5.74, 6) is 0.948. The normalized spacial score (nSPS) is 12.8. The smallest absolute Gasteiger partial charge is 0.163 e. The van der Waals surface area contributed by atoms with Crippen molar-refractivity contribution in [2.24, 2.45) is 7.05 Å². The van der Waals surface area contributed by atoms with Gasteiger partial charge in [-0.1, -0.05) is 20.3 Å². The Morgan fingerprint density at radius 2 is 2.06 bits per heavy atom. The Hall–Kier alpha value is -1.03. The number of aryl methyl sites for hydroxylation is 2. The van der Waals surface area contributed by atoms with Gasteiger partial charge in [0.05, 0.1) is 5.69 Å². The molecule has 0 saturated heterocycles. The largest absolute Gasteiger partial charge is 0.485 e. The maximum absolute atomic E-state index is 6.09. The van der Waals surface area contributed by atoms with Gasteiger partial charge < -0.3 is 10.1 Å². The molecule has 98 valence electrons. The third-order valence-electron chi connectivity index (χ3n) is 2.96. The Morgan fingerprint density at radius 1 is 1.35 bits per heavy atom. The fraction of sp³-hybridized carbons (Fsp3) is 0.769. The summed E-state index contributed by atoms with van der Waals surface area (Å²) in [6.45, 7) is 10.2. The number of aromatic nitrogens is 2. The van der Waals surface area contributed by atoms with Crippen LogP contribution in [0.2, 0.25) is 0 Å². The van der Waals surface area contributed by atoms with Gasteiger partial charge in [-0.15, -0.1) is 0 Å². The molecule has 0 saturated carbocycles. The van der Waals surface area contributed by atoms with Crippen molar-refractivity contribution in [3.63, 3.8) is 0 Å². The summed E-state index contributed by atoms with van der Waals surface area (Å²) < 4.78 is 7.97. The van der Waals surface area contributed by atoms with Crippen LogP contribution in [0.5, 0.6) is 5.75 Å². The van der Waals surface area contributed by atoms with E-state index in [2.05, 4.69) is 24.3 Å². The standard InChI is InChI=1S/C13H25N3O/c1-6-8-12(9-14-7-2)17-13-10(3)15-16(5)11(13)4/h12,14H,6-9H2,1-5H3. The number of ether oxygens (including phenoxy) is 1. The van der Waals surface area contributed by atoms with Crippen LogP contribution >= 0.6 is 0 Å².